The minimum absolute atomic E-state index is 0.169. The lowest BCUT2D eigenvalue weighted by atomic mass is 9.93. The zero-order chi connectivity index (χ0) is 18.0. The first-order valence-corrected chi connectivity index (χ1v) is 8.32. The Hall–Kier alpha value is -2.45. The molecule has 0 saturated carbocycles. The van der Waals surface area contributed by atoms with Gasteiger partial charge in [-0.3, -0.25) is 9.59 Å². The van der Waals surface area contributed by atoms with Crippen molar-refractivity contribution in [3.8, 4) is 0 Å². The van der Waals surface area contributed by atoms with Gasteiger partial charge in [0.15, 0.2) is 0 Å². The van der Waals surface area contributed by atoms with Crippen molar-refractivity contribution in [1.82, 2.24) is 9.71 Å². The predicted molar refractivity (Wildman–Crippen MR) is 90.1 cm³/mol. The van der Waals surface area contributed by atoms with Crippen molar-refractivity contribution in [3.63, 3.8) is 0 Å². The first-order valence-electron chi connectivity index (χ1n) is 8.32. The summed E-state index contributed by atoms with van der Waals surface area (Å²) >= 11 is 0. The zero-order valence-electron chi connectivity index (χ0n) is 14.0. The number of nitrogens with two attached hydrogens (primary N) is 1. The van der Waals surface area contributed by atoms with E-state index in [0.29, 0.717) is 23.3 Å². The standard InChI is InChI=1S/C17H21N3O5/c1-2-25-20-16(15(18)22)19-11-7-6-10(9-21)13(14(11)17(20)23)12-5-3-4-8-24-12/h6-7,12,21H,2-5,8-9H2,1H3,(H2,18,22). The van der Waals surface area contributed by atoms with Gasteiger partial charge in [-0.2, -0.15) is 0 Å². The van der Waals surface area contributed by atoms with Crippen molar-refractivity contribution >= 4 is 16.8 Å². The number of ether oxygens (including phenoxy) is 1. The molecule has 0 aliphatic carbocycles. The number of primary amides is 1. The number of amides is 1. The summed E-state index contributed by atoms with van der Waals surface area (Å²) in [6.45, 7) is 2.23. The van der Waals surface area contributed by atoms with Gasteiger partial charge in [0.2, 0.25) is 5.82 Å². The van der Waals surface area contributed by atoms with Crippen molar-refractivity contribution in [2.75, 3.05) is 13.2 Å². The minimum Gasteiger partial charge on any atom is -0.409 e. The summed E-state index contributed by atoms with van der Waals surface area (Å²) in [7, 11) is 0. The third-order valence-electron chi connectivity index (χ3n) is 4.28. The van der Waals surface area contributed by atoms with E-state index in [9.17, 15) is 14.7 Å². The molecular weight excluding hydrogens is 326 g/mol. The maximum absolute atomic E-state index is 13.0. The molecule has 3 rings (SSSR count). The number of nitrogens with zero attached hydrogens (tertiary/aromatic N) is 2. The van der Waals surface area contributed by atoms with Crippen LogP contribution in [0.25, 0.3) is 10.9 Å². The Morgan fingerprint density at radius 3 is 2.88 bits per heavy atom. The number of aliphatic hydroxyl groups is 1. The number of aromatic nitrogens is 2. The molecule has 1 amide bonds. The average molecular weight is 347 g/mol. The summed E-state index contributed by atoms with van der Waals surface area (Å²) in [5.41, 5.74) is 6.36. The molecule has 8 heteroatoms. The van der Waals surface area contributed by atoms with E-state index < -0.39 is 11.5 Å². The Balaban J connectivity index is 2.34. The molecule has 3 N–H and O–H groups in total. The SMILES string of the molecule is CCOn1c(C(N)=O)nc2ccc(CO)c(C3CCCCO3)c2c1=O. The van der Waals surface area contributed by atoms with E-state index in [1.54, 1.807) is 19.1 Å². The Labute approximate surface area is 144 Å². The average Bonchev–Trinajstić information content (AvgIpc) is 2.63. The Bertz CT molecular complexity index is 855. The van der Waals surface area contributed by atoms with Gasteiger partial charge in [-0.1, -0.05) is 6.07 Å². The van der Waals surface area contributed by atoms with Crippen molar-refractivity contribution in [1.29, 1.82) is 0 Å². The molecule has 1 saturated heterocycles. The molecule has 2 aromatic rings. The number of benzene rings is 1. The maximum atomic E-state index is 13.0. The monoisotopic (exact) mass is 347 g/mol. The van der Waals surface area contributed by atoms with Crippen LogP contribution in [-0.2, 0) is 11.3 Å². The summed E-state index contributed by atoms with van der Waals surface area (Å²) in [5, 5.41) is 10.0. The van der Waals surface area contributed by atoms with Crippen LogP contribution in [0.3, 0.4) is 0 Å². The van der Waals surface area contributed by atoms with Crippen LogP contribution in [0, 0.1) is 0 Å². The van der Waals surface area contributed by atoms with Gasteiger partial charge in [-0.15, -0.1) is 4.73 Å². The van der Waals surface area contributed by atoms with Crippen LogP contribution < -0.4 is 16.1 Å². The highest BCUT2D eigenvalue weighted by Gasteiger charge is 2.26. The van der Waals surface area contributed by atoms with Gasteiger partial charge >= 0.3 is 0 Å². The molecule has 1 fully saturated rings. The lowest BCUT2D eigenvalue weighted by molar-refractivity contribution is 0.0146. The lowest BCUT2D eigenvalue weighted by Crippen LogP contribution is -2.36. The Kier molecular flexibility index (Phi) is 5.00. The molecule has 0 spiro atoms. The number of carbonyl (C=O) groups is 1. The number of aliphatic hydroxyl groups excluding tert-OH is 1. The summed E-state index contributed by atoms with van der Waals surface area (Å²) in [6.07, 6.45) is 2.38. The highest BCUT2D eigenvalue weighted by atomic mass is 16.7. The van der Waals surface area contributed by atoms with Gasteiger partial charge in [0.1, 0.15) is 6.61 Å². The van der Waals surface area contributed by atoms with Gasteiger partial charge in [0.25, 0.3) is 11.5 Å². The smallest absolute Gasteiger partial charge is 0.295 e. The second-order valence-corrected chi connectivity index (χ2v) is 5.86. The number of hydrogen-bond acceptors (Lipinski definition) is 6. The van der Waals surface area contributed by atoms with E-state index >= 15 is 0 Å². The van der Waals surface area contributed by atoms with E-state index in [0.717, 1.165) is 24.0 Å². The Morgan fingerprint density at radius 2 is 2.28 bits per heavy atom. The van der Waals surface area contributed by atoms with Gasteiger partial charge in [0, 0.05) is 12.2 Å². The van der Waals surface area contributed by atoms with Crippen LogP contribution in [0.5, 0.6) is 0 Å². The third-order valence-corrected chi connectivity index (χ3v) is 4.28. The molecule has 25 heavy (non-hydrogen) atoms. The van der Waals surface area contributed by atoms with Gasteiger partial charge in [-0.05, 0) is 37.8 Å². The number of hydrogen-bond donors (Lipinski definition) is 2. The zero-order valence-corrected chi connectivity index (χ0v) is 14.0. The Morgan fingerprint density at radius 1 is 1.48 bits per heavy atom. The van der Waals surface area contributed by atoms with E-state index in [1.165, 1.54) is 0 Å². The molecule has 1 aromatic carbocycles. The molecule has 1 unspecified atom stereocenters. The third kappa shape index (κ3) is 3.10. The van der Waals surface area contributed by atoms with Gasteiger partial charge < -0.3 is 20.4 Å². The lowest BCUT2D eigenvalue weighted by Gasteiger charge is -2.26. The van der Waals surface area contributed by atoms with Crippen molar-refractivity contribution < 1.29 is 19.5 Å². The van der Waals surface area contributed by atoms with Crippen molar-refractivity contribution in [2.24, 2.45) is 5.73 Å². The maximum Gasteiger partial charge on any atom is 0.295 e. The van der Waals surface area contributed by atoms with Crippen LogP contribution in [0.1, 0.15) is 54.0 Å². The summed E-state index contributed by atoms with van der Waals surface area (Å²) in [4.78, 5) is 34.2. The molecular formula is C17H21N3O5. The highest BCUT2D eigenvalue weighted by Crippen LogP contribution is 2.34. The summed E-state index contributed by atoms with van der Waals surface area (Å²) in [5.74, 6) is -1.11. The first kappa shape index (κ1) is 17.4. The van der Waals surface area contributed by atoms with Gasteiger partial charge in [-0.25, -0.2) is 4.98 Å². The van der Waals surface area contributed by atoms with Gasteiger partial charge in [0.05, 0.1) is 23.6 Å². The molecule has 0 bridgehead atoms. The van der Waals surface area contributed by atoms with E-state index in [4.69, 9.17) is 15.3 Å². The summed E-state index contributed by atoms with van der Waals surface area (Å²) < 4.78 is 6.66. The van der Waals surface area contributed by atoms with E-state index in [1.807, 2.05) is 0 Å². The van der Waals surface area contributed by atoms with E-state index in [2.05, 4.69) is 4.98 Å². The van der Waals surface area contributed by atoms with Crippen LogP contribution >= 0.6 is 0 Å². The fourth-order valence-electron chi connectivity index (χ4n) is 3.20. The number of rotatable bonds is 5. The number of carbonyl (C=O) groups excluding carboxylic acids is 1. The molecule has 0 radical (unpaired) electrons. The minimum atomic E-state index is -0.853. The van der Waals surface area contributed by atoms with Crippen LogP contribution in [0.15, 0.2) is 16.9 Å². The van der Waals surface area contributed by atoms with Crippen molar-refractivity contribution in [3.05, 3.63) is 39.4 Å². The molecule has 134 valence electrons. The molecule has 1 atom stereocenters. The molecule has 1 aliphatic heterocycles. The van der Waals surface area contributed by atoms with Crippen LogP contribution in [0.4, 0.5) is 0 Å². The van der Waals surface area contributed by atoms with Crippen molar-refractivity contribution in [2.45, 2.75) is 38.9 Å². The molecule has 2 heterocycles. The second kappa shape index (κ2) is 7.20. The number of fused-ring (bicyclic) bond motifs is 1. The topological polar surface area (TPSA) is 117 Å². The fraction of sp³-hybridized carbons (Fsp3) is 0.471. The molecule has 1 aliphatic rings. The molecule has 8 nitrogen and oxygen atoms in total. The van der Waals surface area contributed by atoms with Crippen LogP contribution in [-0.4, -0.2) is 33.9 Å². The predicted octanol–water partition coefficient (Wildman–Crippen LogP) is 0.678. The highest BCUT2D eigenvalue weighted by molar-refractivity contribution is 5.92. The quantitative estimate of drug-likeness (QED) is 0.821. The fourth-order valence-corrected chi connectivity index (χ4v) is 3.20. The molecule has 1 aromatic heterocycles. The van der Waals surface area contributed by atoms with Crippen LogP contribution in [0.2, 0.25) is 0 Å². The normalized spacial score (nSPS) is 17.6. The van der Waals surface area contributed by atoms with E-state index in [-0.39, 0.29) is 30.5 Å². The first-order chi connectivity index (χ1) is 12.1. The second-order valence-electron chi connectivity index (χ2n) is 5.86. The largest absolute Gasteiger partial charge is 0.409 e. The summed E-state index contributed by atoms with van der Waals surface area (Å²) in [6, 6.07) is 3.29.